The second-order valence-corrected chi connectivity index (χ2v) is 5.06. The van der Waals surface area contributed by atoms with Gasteiger partial charge in [-0.25, -0.2) is 8.78 Å². The van der Waals surface area contributed by atoms with E-state index < -0.39 is 24.5 Å². The highest BCUT2D eigenvalue weighted by Crippen LogP contribution is 2.40. The van der Waals surface area contributed by atoms with E-state index in [2.05, 4.69) is 22.3 Å². The van der Waals surface area contributed by atoms with Gasteiger partial charge in [-0.2, -0.15) is 0 Å². The van der Waals surface area contributed by atoms with Crippen molar-refractivity contribution in [1.82, 2.24) is 10.6 Å². The summed E-state index contributed by atoms with van der Waals surface area (Å²) in [5.74, 6) is -3.44. The average molecular weight is 327 g/mol. The summed E-state index contributed by atoms with van der Waals surface area (Å²) in [5.41, 5.74) is 0.258. The van der Waals surface area contributed by atoms with E-state index in [1.807, 2.05) is 0 Å². The summed E-state index contributed by atoms with van der Waals surface area (Å²) < 4.78 is 38.7. The van der Waals surface area contributed by atoms with Crippen LogP contribution in [0.15, 0.2) is 17.1 Å². The summed E-state index contributed by atoms with van der Waals surface area (Å²) in [7, 11) is 2.80. The topological polar surface area (TPSA) is 72.0 Å². The van der Waals surface area contributed by atoms with E-state index in [0.717, 1.165) is 0 Å². The van der Waals surface area contributed by atoms with Gasteiger partial charge >= 0.3 is 0 Å². The van der Waals surface area contributed by atoms with Crippen LogP contribution in [0.2, 0.25) is 0 Å². The largest absolute Gasteiger partial charge is 0.493 e. The molecule has 1 fully saturated rings. The second kappa shape index (κ2) is 6.91. The quantitative estimate of drug-likeness (QED) is 0.809. The van der Waals surface area contributed by atoms with Gasteiger partial charge in [-0.05, 0) is 25.4 Å². The van der Waals surface area contributed by atoms with Crippen LogP contribution in [0.25, 0.3) is 0 Å². The molecule has 0 bridgehead atoms. The van der Waals surface area contributed by atoms with Crippen molar-refractivity contribution in [3.8, 4) is 11.5 Å². The van der Waals surface area contributed by atoms with Gasteiger partial charge in [-0.1, -0.05) is 0 Å². The molecule has 2 N–H and O–H groups in total. The average Bonchev–Trinajstić information content (AvgIpc) is 2.55. The van der Waals surface area contributed by atoms with Crippen molar-refractivity contribution < 1.29 is 23.0 Å². The van der Waals surface area contributed by atoms with Crippen LogP contribution in [0.5, 0.6) is 11.5 Å². The molecule has 1 aliphatic rings. The molecule has 1 heterocycles. The number of benzene rings is 1. The van der Waals surface area contributed by atoms with Gasteiger partial charge in [0.2, 0.25) is 0 Å². The zero-order valence-electron chi connectivity index (χ0n) is 13.0. The number of methoxy groups -OCH3 is 1. The predicted octanol–water partition coefficient (Wildman–Crippen LogP) is 1.76. The molecule has 1 aromatic carbocycles. The van der Waals surface area contributed by atoms with Gasteiger partial charge in [0.1, 0.15) is 5.56 Å². The lowest BCUT2D eigenvalue weighted by Crippen LogP contribution is -2.52. The lowest BCUT2D eigenvalue weighted by molar-refractivity contribution is -0.109. The molecule has 2 rings (SSSR count). The Balaban J connectivity index is 2.50. The summed E-state index contributed by atoms with van der Waals surface area (Å²) in [6, 6.07) is 3.02. The molecule has 1 saturated heterocycles. The van der Waals surface area contributed by atoms with Crippen LogP contribution in [-0.2, 0) is 0 Å². The van der Waals surface area contributed by atoms with E-state index in [1.54, 1.807) is 0 Å². The molecule has 1 amide bonds. The number of alkyl halides is 2. The lowest BCUT2D eigenvalue weighted by Gasteiger charge is -2.33. The first-order valence-electron chi connectivity index (χ1n) is 7.09. The van der Waals surface area contributed by atoms with Crippen LogP contribution in [-0.4, -0.2) is 51.9 Å². The van der Waals surface area contributed by atoms with Gasteiger partial charge < -0.3 is 20.1 Å². The summed E-state index contributed by atoms with van der Waals surface area (Å²) in [6.07, 6.45) is -1.25. The number of carbonyl (C=O) groups excluding carboxylic acids is 1. The molecule has 0 spiro atoms. The molecule has 6 nitrogen and oxygen atoms in total. The molecule has 0 saturated carbocycles. The van der Waals surface area contributed by atoms with E-state index in [0.29, 0.717) is 6.54 Å². The molecular weight excluding hydrogens is 308 g/mol. The number of hydrogen-bond acceptors (Lipinski definition) is 5. The highest BCUT2D eigenvalue weighted by Gasteiger charge is 2.44. The molecule has 0 aromatic heterocycles. The van der Waals surface area contributed by atoms with E-state index in [1.165, 1.54) is 26.3 Å². The molecule has 8 heteroatoms. The molecule has 23 heavy (non-hydrogen) atoms. The van der Waals surface area contributed by atoms with Crippen LogP contribution in [0, 0.1) is 0 Å². The molecule has 1 aromatic rings. The van der Waals surface area contributed by atoms with Crippen molar-refractivity contribution in [3.63, 3.8) is 0 Å². The minimum Gasteiger partial charge on any atom is -0.493 e. The number of halogens is 2. The zero-order valence-corrected chi connectivity index (χ0v) is 13.0. The Labute approximate surface area is 132 Å². The summed E-state index contributed by atoms with van der Waals surface area (Å²) in [6.45, 7) is 3.32. The number of hydrogen-bond donors (Lipinski definition) is 2. The third kappa shape index (κ3) is 3.42. The zero-order chi connectivity index (χ0) is 17.0. The number of carbonyl (C=O) groups is 1. The molecule has 1 atom stereocenters. The molecular formula is C15H19F2N3O3. The Kier molecular flexibility index (Phi) is 5.15. The van der Waals surface area contributed by atoms with Gasteiger partial charge in [0.25, 0.3) is 11.8 Å². The van der Waals surface area contributed by atoms with Crippen LogP contribution in [0.1, 0.15) is 16.8 Å². The number of aliphatic imine (C=N–C) groups is 1. The number of rotatable bonds is 5. The third-order valence-electron chi connectivity index (χ3n) is 3.62. The van der Waals surface area contributed by atoms with Crippen molar-refractivity contribution in [2.45, 2.75) is 18.4 Å². The van der Waals surface area contributed by atoms with Crippen molar-refractivity contribution in [3.05, 3.63) is 17.7 Å². The summed E-state index contributed by atoms with van der Waals surface area (Å²) in [4.78, 5) is 15.9. The highest BCUT2D eigenvalue weighted by atomic mass is 19.3. The van der Waals surface area contributed by atoms with Gasteiger partial charge in [-0.3, -0.25) is 9.79 Å². The van der Waals surface area contributed by atoms with Crippen LogP contribution >= 0.6 is 0 Å². The Morgan fingerprint density at radius 3 is 2.83 bits per heavy atom. The SMILES string of the molecule is C=Nc1ccc(OC)c(OC2CCNCC2(F)F)c1C(=O)NC. The highest BCUT2D eigenvalue weighted by molar-refractivity contribution is 6.02. The summed E-state index contributed by atoms with van der Waals surface area (Å²) in [5, 5.41) is 5.06. The van der Waals surface area contributed by atoms with Gasteiger partial charge in [-0.15, -0.1) is 0 Å². The Morgan fingerprint density at radius 1 is 1.52 bits per heavy atom. The van der Waals surface area contributed by atoms with Crippen molar-refractivity contribution in [1.29, 1.82) is 0 Å². The van der Waals surface area contributed by atoms with Crippen molar-refractivity contribution >= 4 is 18.3 Å². The number of nitrogens with zero attached hydrogens (tertiary/aromatic N) is 1. The monoisotopic (exact) mass is 327 g/mol. The number of ether oxygens (including phenoxy) is 2. The molecule has 0 aliphatic carbocycles. The van der Waals surface area contributed by atoms with Gasteiger partial charge in [0, 0.05) is 13.5 Å². The van der Waals surface area contributed by atoms with Crippen LogP contribution in [0.3, 0.4) is 0 Å². The molecule has 1 unspecified atom stereocenters. The normalized spacial score (nSPS) is 19.7. The minimum absolute atomic E-state index is 0.0242. The fourth-order valence-electron chi connectivity index (χ4n) is 2.41. The first-order chi connectivity index (χ1) is 10.9. The van der Waals surface area contributed by atoms with Crippen LogP contribution < -0.4 is 20.1 Å². The van der Waals surface area contributed by atoms with E-state index >= 15 is 0 Å². The van der Waals surface area contributed by atoms with Gasteiger partial charge in [0.05, 0.1) is 19.3 Å². The number of nitrogens with one attached hydrogen (secondary N) is 2. The maximum Gasteiger partial charge on any atom is 0.296 e. The Hall–Kier alpha value is -2.22. The Bertz CT molecular complexity index is 608. The summed E-state index contributed by atoms with van der Waals surface area (Å²) >= 11 is 0. The maximum absolute atomic E-state index is 14.0. The first kappa shape index (κ1) is 17.1. The van der Waals surface area contributed by atoms with Gasteiger partial charge in [0.15, 0.2) is 17.6 Å². The number of piperidine rings is 1. The predicted molar refractivity (Wildman–Crippen MR) is 82.4 cm³/mol. The fourth-order valence-corrected chi connectivity index (χ4v) is 2.41. The van der Waals surface area contributed by atoms with Crippen molar-refractivity contribution in [2.24, 2.45) is 4.99 Å². The fraction of sp³-hybridized carbons (Fsp3) is 0.467. The smallest absolute Gasteiger partial charge is 0.296 e. The van der Waals surface area contributed by atoms with E-state index in [-0.39, 0.29) is 29.2 Å². The second-order valence-electron chi connectivity index (χ2n) is 5.06. The molecule has 0 radical (unpaired) electrons. The first-order valence-corrected chi connectivity index (χ1v) is 7.09. The lowest BCUT2D eigenvalue weighted by atomic mass is 10.0. The standard InChI is InChI=1S/C15H19F2N3O3/c1-18-9-4-5-10(22-3)13(12(9)14(21)19-2)23-11-6-7-20-8-15(11,16)17/h4-5,11,20H,1,6-8H2,2-3H3,(H,19,21). The Morgan fingerprint density at radius 2 is 2.26 bits per heavy atom. The molecule has 126 valence electrons. The maximum atomic E-state index is 14.0. The van der Waals surface area contributed by atoms with Crippen molar-refractivity contribution in [2.75, 3.05) is 27.2 Å². The third-order valence-corrected chi connectivity index (χ3v) is 3.62. The van der Waals surface area contributed by atoms with E-state index in [4.69, 9.17) is 9.47 Å². The van der Waals surface area contributed by atoms with Crippen LogP contribution in [0.4, 0.5) is 14.5 Å². The molecule has 1 aliphatic heterocycles. The minimum atomic E-state index is -3.05. The van der Waals surface area contributed by atoms with E-state index in [9.17, 15) is 13.6 Å². The number of amides is 1.